The standard InChI is InChI=1S/C13H17N3O2S/c1-9-14-15-13(19-9)16(2)8-10-5-6-11(17-3)12(7-10)18-4/h5-7H,8H2,1-4H3. The van der Waals surface area contributed by atoms with Crippen LogP contribution in [-0.4, -0.2) is 31.5 Å². The van der Waals surface area contributed by atoms with Crippen LogP contribution in [0.15, 0.2) is 18.2 Å². The Morgan fingerprint density at radius 1 is 1.16 bits per heavy atom. The van der Waals surface area contributed by atoms with E-state index in [4.69, 9.17) is 9.47 Å². The number of anilines is 1. The minimum absolute atomic E-state index is 0.737. The average Bonchev–Trinajstić information content (AvgIpc) is 2.85. The first-order chi connectivity index (χ1) is 9.13. The maximum atomic E-state index is 5.30. The van der Waals surface area contributed by atoms with Gasteiger partial charge >= 0.3 is 0 Å². The zero-order chi connectivity index (χ0) is 13.8. The molecule has 0 bridgehead atoms. The largest absolute Gasteiger partial charge is 0.493 e. The van der Waals surface area contributed by atoms with Gasteiger partial charge in [0.1, 0.15) is 5.01 Å². The monoisotopic (exact) mass is 279 g/mol. The molecule has 0 aliphatic carbocycles. The first kappa shape index (κ1) is 13.6. The molecule has 1 heterocycles. The zero-order valence-corrected chi connectivity index (χ0v) is 12.3. The van der Waals surface area contributed by atoms with Gasteiger partial charge in [-0.15, -0.1) is 10.2 Å². The minimum Gasteiger partial charge on any atom is -0.493 e. The van der Waals surface area contributed by atoms with Crippen LogP contribution in [0.5, 0.6) is 11.5 Å². The van der Waals surface area contributed by atoms with E-state index >= 15 is 0 Å². The average molecular weight is 279 g/mol. The van der Waals surface area contributed by atoms with Crippen LogP contribution in [0.25, 0.3) is 0 Å². The Morgan fingerprint density at radius 2 is 1.89 bits per heavy atom. The maximum Gasteiger partial charge on any atom is 0.208 e. The van der Waals surface area contributed by atoms with Crippen LogP contribution >= 0.6 is 11.3 Å². The molecule has 0 N–H and O–H groups in total. The third kappa shape index (κ3) is 3.14. The predicted molar refractivity (Wildman–Crippen MR) is 76.3 cm³/mol. The SMILES string of the molecule is COc1ccc(CN(C)c2nnc(C)s2)cc1OC. The molecule has 19 heavy (non-hydrogen) atoms. The third-order valence-corrected chi connectivity index (χ3v) is 3.66. The van der Waals surface area contributed by atoms with Crippen molar-refractivity contribution in [1.29, 1.82) is 0 Å². The summed E-state index contributed by atoms with van der Waals surface area (Å²) in [6.45, 7) is 2.69. The third-order valence-electron chi connectivity index (χ3n) is 2.71. The smallest absolute Gasteiger partial charge is 0.208 e. The van der Waals surface area contributed by atoms with E-state index in [0.717, 1.165) is 33.7 Å². The molecule has 0 atom stereocenters. The van der Waals surface area contributed by atoms with Crippen molar-refractivity contribution < 1.29 is 9.47 Å². The molecule has 5 nitrogen and oxygen atoms in total. The summed E-state index contributed by atoms with van der Waals surface area (Å²) in [5.41, 5.74) is 1.13. The summed E-state index contributed by atoms with van der Waals surface area (Å²) in [7, 11) is 5.27. The summed E-state index contributed by atoms with van der Waals surface area (Å²) in [6.07, 6.45) is 0. The number of methoxy groups -OCH3 is 2. The molecule has 0 saturated heterocycles. The van der Waals surface area contributed by atoms with Gasteiger partial charge in [-0.25, -0.2) is 0 Å². The lowest BCUT2D eigenvalue weighted by atomic mass is 10.2. The van der Waals surface area contributed by atoms with Crippen LogP contribution in [0, 0.1) is 6.92 Å². The molecule has 6 heteroatoms. The number of aromatic nitrogens is 2. The molecule has 1 aromatic heterocycles. The molecular weight excluding hydrogens is 262 g/mol. The first-order valence-corrected chi connectivity index (χ1v) is 6.68. The highest BCUT2D eigenvalue weighted by atomic mass is 32.1. The maximum absolute atomic E-state index is 5.30. The van der Waals surface area contributed by atoms with E-state index in [9.17, 15) is 0 Å². The second-order valence-corrected chi connectivity index (χ2v) is 5.31. The number of hydrogen-bond donors (Lipinski definition) is 0. The molecule has 0 saturated carbocycles. The summed E-state index contributed by atoms with van der Waals surface area (Å²) in [5.74, 6) is 1.47. The molecule has 2 rings (SSSR count). The normalized spacial score (nSPS) is 10.3. The van der Waals surface area contributed by atoms with Gasteiger partial charge in [-0.3, -0.25) is 0 Å². The molecule has 1 aromatic carbocycles. The Bertz CT molecular complexity index is 557. The Morgan fingerprint density at radius 3 is 2.47 bits per heavy atom. The molecule has 0 amide bonds. The molecule has 0 aliphatic heterocycles. The molecule has 0 aliphatic rings. The van der Waals surface area contributed by atoms with E-state index in [1.165, 1.54) is 0 Å². The lowest BCUT2D eigenvalue weighted by molar-refractivity contribution is 0.354. The molecule has 0 spiro atoms. The van der Waals surface area contributed by atoms with E-state index < -0.39 is 0 Å². The Kier molecular flexibility index (Phi) is 4.21. The highest BCUT2D eigenvalue weighted by Crippen LogP contribution is 2.28. The molecule has 0 fully saturated rings. The van der Waals surface area contributed by atoms with Crippen LogP contribution in [-0.2, 0) is 6.54 Å². The highest BCUT2D eigenvalue weighted by molar-refractivity contribution is 7.15. The van der Waals surface area contributed by atoms with Crippen molar-refractivity contribution in [3.63, 3.8) is 0 Å². The number of benzene rings is 1. The second-order valence-electron chi connectivity index (χ2n) is 4.15. The van der Waals surface area contributed by atoms with Crippen molar-refractivity contribution in [3.05, 3.63) is 28.8 Å². The summed E-state index contributed by atoms with van der Waals surface area (Å²) in [6, 6.07) is 5.91. The number of ether oxygens (including phenoxy) is 2. The van der Waals surface area contributed by atoms with Gasteiger partial charge in [-0.2, -0.15) is 0 Å². The van der Waals surface area contributed by atoms with Crippen molar-refractivity contribution in [2.75, 3.05) is 26.2 Å². The Balaban J connectivity index is 2.14. The van der Waals surface area contributed by atoms with Gasteiger partial charge in [0.2, 0.25) is 5.13 Å². The number of aryl methyl sites for hydroxylation is 1. The molecule has 2 aromatic rings. The number of rotatable bonds is 5. The minimum atomic E-state index is 0.737. The summed E-state index contributed by atoms with van der Waals surface area (Å²) < 4.78 is 10.5. The molecular formula is C13H17N3O2S. The van der Waals surface area contributed by atoms with Crippen molar-refractivity contribution in [1.82, 2.24) is 10.2 Å². The first-order valence-electron chi connectivity index (χ1n) is 5.86. The van der Waals surface area contributed by atoms with Crippen LogP contribution in [0.2, 0.25) is 0 Å². The van der Waals surface area contributed by atoms with Crippen LogP contribution < -0.4 is 14.4 Å². The fourth-order valence-electron chi connectivity index (χ4n) is 1.76. The summed E-state index contributed by atoms with van der Waals surface area (Å²) in [5, 5.41) is 10.0. The van der Waals surface area contributed by atoms with Crippen molar-refractivity contribution >= 4 is 16.5 Å². The van der Waals surface area contributed by atoms with Crippen molar-refractivity contribution in [2.45, 2.75) is 13.5 Å². The molecule has 0 radical (unpaired) electrons. The molecule has 0 unspecified atom stereocenters. The van der Waals surface area contributed by atoms with E-state index in [1.54, 1.807) is 25.6 Å². The highest BCUT2D eigenvalue weighted by Gasteiger charge is 2.10. The summed E-state index contributed by atoms with van der Waals surface area (Å²) in [4.78, 5) is 2.06. The van der Waals surface area contributed by atoms with Gasteiger partial charge in [0.05, 0.1) is 14.2 Å². The van der Waals surface area contributed by atoms with Crippen LogP contribution in [0.1, 0.15) is 10.6 Å². The van der Waals surface area contributed by atoms with Crippen LogP contribution in [0.4, 0.5) is 5.13 Å². The number of nitrogens with zero attached hydrogens (tertiary/aromatic N) is 3. The fourth-order valence-corrected chi connectivity index (χ4v) is 2.41. The van der Waals surface area contributed by atoms with E-state index in [-0.39, 0.29) is 0 Å². The lowest BCUT2D eigenvalue weighted by Gasteiger charge is -2.16. The Labute approximate surface area is 116 Å². The molecule has 102 valence electrons. The van der Waals surface area contributed by atoms with Crippen LogP contribution in [0.3, 0.4) is 0 Å². The van der Waals surface area contributed by atoms with E-state index in [2.05, 4.69) is 15.1 Å². The van der Waals surface area contributed by atoms with Gasteiger partial charge in [-0.1, -0.05) is 17.4 Å². The van der Waals surface area contributed by atoms with Gasteiger partial charge in [-0.05, 0) is 24.6 Å². The topological polar surface area (TPSA) is 47.5 Å². The van der Waals surface area contributed by atoms with Gasteiger partial charge in [0.25, 0.3) is 0 Å². The van der Waals surface area contributed by atoms with Gasteiger partial charge in [0, 0.05) is 13.6 Å². The lowest BCUT2D eigenvalue weighted by Crippen LogP contribution is -2.16. The number of hydrogen-bond acceptors (Lipinski definition) is 6. The second kappa shape index (κ2) is 5.88. The van der Waals surface area contributed by atoms with E-state index in [0.29, 0.717) is 0 Å². The fraction of sp³-hybridized carbons (Fsp3) is 0.385. The Hall–Kier alpha value is -1.82. The van der Waals surface area contributed by atoms with Crippen molar-refractivity contribution in [2.24, 2.45) is 0 Å². The van der Waals surface area contributed by atoms with Gasteiger partial charge in [0.15, 0.2) is 11.5 Å². The van der Waals surface area contributed by atoms with Gasteiger partial charge < -0.3 is 14.4 Å². The van der Waals surface area contributed by atoms with Crippen molar-refractivity contribution in [3.8, 4) is 11.5 Å². The zero-order valence-electron chi connectivity index (χ0n) is 11.5. The summed E-state index contributed by atoms with van der Waals surface area (Å²) >= 11 is 1.58. The predicted octanol–water partition coefficient (Wildman–Crippen LogP) is 2.50. The quantitative estimate of drug-likeness (QED) is 0.841. The van der Waals surface area contributed by atoms with E-state index in [1.807, 2.05) is 32.2 Å².